The van der Waals surface area contributed by atoms with Crippen LogP contribution in [-0.4, -0.2) is 73.9 Å². The van der Waals surface area contributed by atoms with E-state index in [9.17, 15) is 32.8 Å². The Balaban J connectivity index is 1.84. The number of anilines is 2. The fraction of sp³-hybridized carbons (Fsp3) is 0.417. The summed E-state index contributed by atoms with van der Waals surface area (Å²) in [4.78, 5) is 41.3. The SMILES string of the molecule is CCn1c(=O)/c(=C\Nc2cccc(N(C)C(=O)CN3CCOCC3)c2)s/c1=C(/C#N)C(=O)NCC(F)(F)F. The number of ether oxygens (including phenoxy) is 1. The molecule has 1 aromatic heterocycles. The van der Waals surface area contributed by atoms with Crippen molar-refractivity contribution in [3.8, 4) is 6.07 Å². The number of nitriles is 1. The molecule has 1 aliphatic rings. The van der Waals surface area contributed by atoms with Gasteiger partial charge in [-0.15, -0.1) is 11.3 Å². The molecule has 0 radical (unpaired) electrons. The van der Waals surface area contributed by atoms with Crippen molar-refractivity contribution < 1.29 is 27.5 Å². The van der Waals surface area contributed by atoms with Crippen LogP contribution in [-0.2, 0) is 20.9 Å². The quantitative estimate of drug-likeness (QED) is 0.488. The molecule has 204 valence electrons. The molecule has 0 saturated carbocycles. The van der Waals surface area contributed by atoms with Crippen LogP contribution in [0, 0.1) is 11.3 Å². The normalized spacial score (nSPS) is 15.5. The largest absolute Gasteiger partial charge is 0.405 e. The van der Waals surface area contributed by atoms with Crippen LogP contribution in [0.15, 0.2) is 29.1 Å². The standard InChI is InChI=1S/C24H27F3N6O4S/c1-3-33-22(36)19(38-23(33)18(12-28)21(35)30-15-24(25,26)27)13-29-16-5-4-6-17(11-16)31(2)20(34)14-32-7-9-37-10-8-32/h4-6,11,13,29H,3,7-10,14-15H2,1-2H3,(H,30,35)/b19-13+,23-18-. The smallest absolute Gasteiger partial charge is 0.379 e. The number of carbonyl (C=O) groups excluding carboxylic acids is 2. The summed E-state index contributed by atoms with van der Waals surface area (Å²) in [5, 5.41) is 14.1. The molecule has 0 unspecified atom stereocenters. The zero-order valence-corrected chi connectivity index (χ0v) is 21.6. The number of thiazole rings is 1. The maximum Gasteiger partial charge on any atom is 0.405 e. The zero-order valence-electron chi connectivity index (χ0n) is 20.8. The van der Waals surface area contributed by atoms with E-state index < -0.39 is 29.8 Å². The lowest BCUT2D eigenvalue weighted by molar-refractivity contribution is -0.135. The minimum Gasteiger partial charge on any atom is -0.379 e. The second-order valence-corrected chi connectivity index (χ2v) is 9.32. The molecule has 38 heavy (non-hydrogen) atoms. The third-order valence-corrected chi connectivity index (χ3v) is 6.80. The van der Waals surface area contributed by atoms with E-state index in [1.807, 2.05) is 4.90 Å². The molecule has 2 aromatic rings. The lowest BCUT2D eigenvalue weighted by Gasteiger charge is -2.28. The first kappa shape index (κ1) is 28.9. The Kier molecular flexibility index (Phi) is 9.67. The Morgan fingerprint density at radius 2 is 2.00 bits per heavy atom. The van der Waals surface area contributed by atoms with Gasteiger partial charge in [0.25, 0.3) is 11.5 Å². The Bertz CT molecular complexity index is 1390. The van der Waals surface area contributed by atoms with E-state index in [-0.39, 0.29) is 28.2 Å². The van der Waals surface area contributed by atoms with E-state index in [2.05, 4.69) is 5.32 Å². The molecule has 1 saturated heterocycles. The summed E-state index contributed by atoms with van der Waals surface area (Å²) in [5.41, 5.74) is 0.102. The number of benzene rings is 1. The van der Waals surface area contributed by atoms with Crippen LogP contribution in [0.25, 0.3) is 11.8 Å². The van der Waals surface area contributed by atoms with Gasteiger partial charge in [0.05, 0.1) is 19.8 Å². The Morgan fingerprint density at radius 1 is 1.29 bits per heavy atom. The minimum atomic E-state index is -4.64. The van der Waals surface area contributed by atoms with Gasteiger partial charge < -0.3 is 20.3 Å². The van der Waals surface area contributed by atoms with Crippen LogP contribution in [0.3, 0.4) is 0 Å². The number of amides is 2. The molecular formula is C24H27F3N6O4S. The summed E-state index contributed by atoms with van der Waals surface area (Å²) in [5.74, 6) is -1.31. The van der Waals surface area contributed by atoms with E-state index in [1.165, 1.54) is 11.1 Å². The number of likely N-dealkylation sites (N-methyl/N-ethyl adjacent to an activating group) is 1. The van der Waals surface area contributed by atoms with Gasteiger partial charge in [0, 0.05) is 44.3 Å². The summed E-state index contributed by atoms with van der Waals surface area (Å²) in [7, 11) is 1.67. The summed E-state index contributed by atoms with van der Waals surface area (Å²) in [6, 6.07) is 8.56. The Labute approximate surface area is 220 Å². The third-order valence-electron chi connectivity index (χ3n) is 5.67. The lowest BCUT2D eigenvalue weighted by Crippen LogP contribution is -2.43. The maximum absolute atomic E-state index is 12.9. The lowest BCUT2D eigenvalue weighted by atomic mass is 10.2. The number of morpholine rings is 1. The number of hydrogen-bond donors (Lipinski definition) is 2. The van der Waals surface area contributed by atoms with Crippen molar-refractivity contribution in [1.29, 1.82) is 5.26 Å². The number of alkyl halides is 3. The highest BCUT2D eigenvalue weighted by molar-refractivity contribution is 7.07. The van der Waals surface area contributed by atoms with Crippen molar-refractivity contribution >= 4 is 46.3 Å². The van der Waals surface area contributed by atoms with E-state index >= 15 is 0 Å². The number of carbonyl (C=O) groups is 2. The molecule has 10 nitrogen and oxygen atoms in total. The Morgan fingerprint density at radius 3 is 2.63 bits per heavy atom. The first-order chi connectivity index (χ1) is 18.0. The van der Waals surface area contributed by atoms with Gasteiger partial charge in [0.2, 0.25) is 5.91 Å². The molecule has 0 atom stereocenters. The molecule has 2 heterocycles. The fourth-order valence-corrected chi connectivity index (χ4v) is 4.70. The summed E-state index contributed by atoms with van der Waals surface area (Å²) < 4.78 is 44.0. The predicted octanol–water partition coefficient (Wildman–Crippen LogP) is 0.428. The fourth-order valence-electron chi connectivity index (χ4n) is 3.61. The number of hydrogen-bond acceptors (Lipinski definition) is 8. The van der Waals surface area contributed by atoms with E-state index in [4.69, 9.17) is 4.74 Å². The molecule has 0 spiro atoms. The predicted molar refractivity (Wildman–Crippen MR) is 137 cm³/mol. The van der Waals surface area contributed by atoms with Crippen LogP contribution < -0.4 is 30.3 Å². The molecule has 1 aliphatic heterocycles. The highest BCUT2D eigenvalue weighted by atomic mass is 32.1. The van der Waals surface area contributed by atoms with E-state index in [0.29, 0.717) is 37.7 Å². The van der Waals surface area contributed by atoms with Gasteiger partial charge in [0.15, 0.2) is 5.57 Å². The maximum atomic E-state index is 12.9. The van der Waals surface area contributed by atoms with E-state index in [0.717, 1.165) is 15.9 Å². The summed E-state index contributed by atoms with van der Waals surface area (Å²) in [6.45, 7) is 2.91. The third kappa shape index (κ3) is 7.44. The van der Waals surface area contributed by atoms with Crippen LogP contribution in [0.4, 0.5) is 24.5 Å². The number of rotatable bonds is 8. The highest BCUT2D eigenvalue weighted by Gasteiger charge is 2.29. The van der Waals surface area contributed by atoms with Gasteiger partial charge in [-0.25, -0.2) is 0 Å². The van der Waals surface area contributed by atoms with Crippen LogP contribution in [0.2, 0.25) is 0 Å². The number of nitrogens with one attached hydrogen (secondary N) is 2. The monoisotopic (exact) mass is 552 g/mol. The van der Waals surface area contributed by atoms with Gasteiger partial charge >= 0.3 is 6.18 Å². The molecule has 1 fully saturated rings. The molecule has 0 bridgehead atoms. The second-order valence-electron chi connectivity index (χ2n) is 8.29. The zero-order chi connectivity index (χ0) is 27.9. The molecule has 2 amide bonds. The van der Waals surface area contributed by atoms with Crippen LogP contribution in [0.1, 0.15) is 6.92 Å². The topological polar surface area (TPSA) is 120 Å². The van der Waals surface area contributed by atoms with Crippen molar-refractivity contribution in [3.05, 3.63) is 43.8 Å². The van der Waals surface area contributed by atoms with Crippen molar-refractivity contribution in [1.82, 2.24) is 14.8 Å². The van der Waals surface area contributed by atoms with Crippen molar-refractivity contribution in [3.63, 3.8) is 0 Å². The summed E-state index contributed by atoms with van der Waals surface area (Å²) >= 11 is 0.810. The van der Waals surface area contributed by atoms with Gasteiger partial charge in [-0.05, 0) is 25.1 Å². The molecule has 2 N–H and O–H groups in total. The molecule has 0 aliphatic carbocycles. The average molecular weight is 553 g/mol. The summed E-state index contributed by atoms with van der Waals surface area (Å²) in [6.07, 6.45) is -3.26. The van der Waals surface area contributed by atoms with Gasteiger partial charge in [-0.3, -0.25) is 23.9 Å². The molecule has 1 aromatic carbocycles. The number of nitrogens with zero attached hydrogens (tertiary/aromatic N) is 4. The first-order valence-corrected chi connectivity index (χ1v) is 12.5. The van der Waals surface area contributed by atoms with Gasteiger partial charge in [-0.2, -0.15) is 18.4 Å². The molecular weight excluding hydrogens is 525 g/mol. The number of aromatic nitrogens is 1. The highest BCUT2D eigenvalue weighted by Crippen LogP contribution is 2.19. The van der Waals surface area contributed by atoms with Crippen molar-refractivity contribution in [2.24, 2.45) is 0 Å². The van der Waals surface area contributed by atoms with Gasteiger partial charge in [0.1, 0.15) is 21.8 Å². The van der Waals surface area contributed by atoms with E-state index in [1.54, 1.807) is 49.6 Å². The van der Waals surface area contributed by atoms with Crippen LogP contribution >= 0.6 is 11.3 Å². The molecule has 3 rings (SSSR count). The Hall–Kier alpha value is -3.67. The minimum absolute atomic E-state index is 0.0464. The average Bonchev–Trinajstić information content (AvgIpc) is 3.21. The van der Waals surface area contributed by atoms with Crippen LogP contribution in [0.5, 0.6) is 0 Å². The second kappa shape index (κ2) is 12.7. The van der Waals surface area contributed by atoms with Crippen molar-refractivity contribution in [2.45, 2.75) is 19.6 Å². The number of halogens is 3. The first-order valence-electron chi connectivity index (χ1n) is 11.7. The van der Waals surface area contributed by atoms with Crippen molar-refractivity contribution in [2.75, 3.05) is 56.7 Å². The molecule has 14 heteroatoms. The van der Waals surface area contributed by atoms with Gasteiger partial charge in [-0.1, -0.05) is 6.07 Å².